The van der Waals surface area contributed by atoms with Crippen LogP contribution >= 0.6 is 11.3 Å². The highest BCUT2D eigenvalue weighted by Gasteiger charge is 2.20. The zero-order valence-electron chi connectivity index (χ0n) is 11.5. The number of nitrogens with one attached hydrogen (secondary N) is 1. The summed E-state index contributed by atoms with van der Waals surface area (Å²) in [6, 6.07) is 8.91. The van der Waals surface area contributed by atoms with E-state index in [1.807, 2.05) is 17.5 Å². The lowest BCUT2D eigenvalue weighted by molar-refractivity contribution is 0.186. The van der Waals surface area contributed by atoms with Gasteiger partial charge in [0.05, 0.1) is 4.90 Å². The quantitative estimate of drug-likeness (QED) is 0.887. The van der Waals surface area contributed by atoms with Gasteiger partial charge < -0.3 is 5.11 Å². The van der Waals surface area contributed by atoms with Crippen LogP contribution in [0.2, 0.25) is 0 Å². The summed E-state index contributed by atoms with van der Waals surface area (Å²) in [6.07, 6.45) is 2.24. The number of sulfonamides is 1. The van der Waals surface area contributed by atoms with Crippen molar-refractivity contribution in [1.82, 2.24) is 4.72 Å². The van der Waals surface area contributed by atoms with E-state index in [2.05, 4.69) is 4.72 Å². The topological polar surface area (TPSA) is 66.4 Å². The molecule has 0 saturated carbocycles. The minimum Gasteiger partial charge on any atom is -0.386 e. The molecular formula is C15H17NO3S2. The molecule has 2 aromatic rings. The Balaban J connectivity index is 1.72. The molecule has 2 N–H and O–H groups in total. The van der Waals surface area contributed by atoms with Crippen molar-refractivity contribution < 1.29 is 13.5 Å². The van der Waals surface area contributed by atoms with Crippen molar-refractivity contribution in [3.63, 3.8) is 0 Å². The Morgan fingerprint density at radius 1 is 1.24 bits per heavy atom. The summed E-state index contributed by atoms with van der Waals surface area (Å²) in [6.45, 7) is -0.0140. The number of aliphatic hydroxyl groups is 1. The van der Waals surface area contributed by atoms with Gasteiger partial charge in [0.1, 0.15) is 6.10 Å². The number of fused-ring (bicyclic) bond motifs is 1. The fourth-order valence-corrected chi connectivity index (χ4v) is 4.37. The van der Waals surface area contributed by atoms with Crippen LogP contribution in [0.1, 0.15) is 28.5 Å². The van der Waals surface area contributed by atoms with Crippen LogP contribution in [0, 0.1) is 0 Å². The Kier molecular flexibility index (Phi) is 4.12. The molecule has 1 heterocycles. The third-order valence-corrected chi connectivity index (χ3v) is 6.11. The molecule has 0 aliphatic heterocycles. The van der Waals surface area contributed by atoms with Gasteiger partial charge in [-0.1, -0.05) is 12.1 Å². The van der Waals surface area contributed by atoms with Crippen molar-refractivity contribution in [2.45, 2.75) is 30.3 Å². The van der Waals surface area contributed by atoms with E-state index in [1.165, 1.54) is 16.9 Å². The van der Waals surface area contributed by atoms with Crippen molar-refractivity contribution in [2.24, 2.45) is 0 Å². The summed E-state index contributed by atoms with van der Waals surface area (Å²) in [5, 5.41) is 11.8. The van der Waals surface area contributed by atoms with Gasteiger partial charge in [-0.3, -0.25) is 0 Å². The van der Waals surface area contributed by atoms with E-state index >= 15 is 0 Å². The number of benzene rings is 1. The summed E-state index contributed by atoms with van der Waals surface area (Å²) in [7, 11) is -3.57. The predicted molar refractivity (Wildman–Crippen MR) is 82.9 cm³/mol. The lowest BCUT2D eigenvalue weighted by Crippen LogP contribution is -2.28. The van der Waals surface area contributed by atoms with E-state index in [9.17, 15) is 13.5 Å². The molecule has 21 heavy (non-hydrogen) atoms. The number of aliphatic hydroxyl groups excluding tert-OH is 1. The number of hydrogen-bond acceptors (Lipinski definition) is 4. The fourth-order valence-electron chi connectivity index (χ4n) is 2.57. The first-order valence-corrected chi connectivity index (χ1v) is 9.25. The summed E-state index contributed by atoms with van der Waals surface area (Å²) < 4.78 is 27.1. The van der Waals surface area contributed by atoms with Gasteiger partial charge in [0.15, 0.2) is 0 Å². The Morgan fingerprint density at radius 2 is 2.05 bits per heavy atom. The summed E-state index contributed by atoms with van der Waals surface area (Å²) in [5.41, 5.74) is 2.37. The second-order valence-electron chi connectivity index (χ2n) is 5.17. The van der Waals surface area contributed by atoms with Crippen molar-refractivity contribution in [1.29, 1.82) is 0 Å². The molecule has 6 heteroatoms. The second-order valence-corrected chi connectivity index (χ2v) is 7.91. The van der Waals surface area contributed by atoms with E-state index in [0.29, 0.717) is 0 Å². The Hall–Kier alpha value is -1.21. The van der Waals surface area contributed by atoms with Crippen LogP contribution in [0.3, 0.4) is 0 Å². The summed E-state index contributed by atoms with van der Waals surface area (Å²) in [5.74, 6) is 0. The van der Waals surface area contributed by atoms with Gasteiger partial charge >= 0.3 is 0 Å². The number of rotatable bonds is 5. The van der Waals surface area contributed by atoms with E-state index in [1.54, 1.807) is 18.2 Å². The highest BCUT2D eigenvalue weighted by molar-refractivity contribution is 7.89. The van der Waals surface area contributed by atoms with Gasteiger partial charge in [-0.15, -0.1) is 11.3 Å². The average Bonchev–Trinajstić information content (AvgIpc) is 3.14. The molecular weight excluding hydrogens is 306 g/mol. The van der Waals surface area contributed by atoms with Crippen molar-refractivity contribution in [3.8, 4) is 0 Å². The molecule has 1 atom stereocenters. The molecule has 1 aromatic heterocycles. The molecule has 0 amide bonds. The number of hydrogen-bond donors (Lipinski definition) is 2. The fraction of sp³-hybridized carbons (Fsp3) is 0.333. The van der Waals surface area contributed by atoms with Gasteiger partial charge in [0.2, 0.25) is 10.0 Å². The first-order valence-electron chi connectivity index (χ1n) is 6.89. The van der Waals surface area contributed by atoms with Gasteiger partial charge in [-0.2, -0.15) is 0 Å². The minimum absolute atomic E-state index is 0.0140. The van der Waals surface area contributed by atoms with Crippen LogP contribution in [-0.2, 0) is 22.9 Å². The smallest absolute Gasteiger partial charge is 0.240 e. The van der Waals surface area contributed by atoms with Crippen LogP contribution in [0.15, 0.2) is 40.6 Å². The van der Waals surface area contributed by atoms with Crippen LogP contribution in [0.25, 0.3) is 0 Å². The lowest BCUT2D eigenvalue weighted by Gasteiger charge is -2.11. The van der Waals surface area contributed by atoms with Crippen LogP contribution in [-0.4, -0.2) is 20.1 Å². The minimum atomic E-state index is -3.57. The first kappa shape index (κ1) is 14.7. The van der Waals surface area contributed by atoms with Crippen molar-refractivity contribution >= 4 is 21.4 Å². The first-order chi connectivity index (χ1) is 10.1. The average molecular weight is 323 g/mol. The predicted octanol–water partition coefficient (Wildman–Crippen LogP) is 2.25. The molecule has 0 saturated heterocycles. The lowest BCUT2D eigenvalue weighted by atomic mass is 10.1. The molecule has 1 aromatic carbocycles. The maximum absolute atomic E-state index is 12.3. The van der Waals surface area contributed by atoms with Crippen molar-refractivity contribution in [3.05, 3.63) is 51.7 Å². The zero-order valence-corrected chi connectivity index (χ0v) is 13.1. The van der Waals surface area contributed by atoms with E-state index in [4.69, 9.17) is 0 Å². The molecule has 0 bridgehead atoms. The summed E-state index contributed by atoms with van der Waals surface area (Å²) >= 11 is 1.41. The molecule has 112 valence electrons. The SMILES string of the molecule is O=S(=O)(NCC(O)c1cccs1)c1ccc2c(c1)CCC2. The normalized spacial score (nSPS) is 15.9. The summed E-state index contributed by atoms with van der Waals surface area (Å²) in [4.78, 5) is 1.04. The van der Waals surface area contributed by atoms with Gasteiger partial charge in [0.25, 0.3) is 0 Å². The molecule has 1 aliphatic carbocycles. The largest absolute Gasteiger partial charge is 0.386 e. The third kappa shape index (κ3) is 3.18. The number of thiophene rings is 1. The molecule has 1 unspecified atom stereocenters. The standard InChI is InChI=1S/C15H17NO3S2/c17-14(15-5-2-8-20-15)10-16-21(18,19)13-7-6-11-3-1-4-12(11)9-13/h2,5-9,14,16-17H,1,3-4,10H2. The van der Waals surface area contributed by atoms with Gasteiger partial charge in [-0.25, -0.2) is 13.1 Å². The molecule has 0 radical (unpaired) electrons. The highest BCUT2D eigenvalue weighted by atomic mass is 32.2. The molecule has 4 nitrogen and oxygen atoms in total. The molecule has 0 fully saturated rings. The Bertz CT molecular complexity index is 723. The van der Waals surface area contributed by atoms with Gasteiger partial charge in [-0.05, 0) is 54.0 Å². The number of aryl methyl sites for hydroxylation is 2. The Morgan fingerprint density at radius 3 is 2.81 bits per heavy atom. The highest BCUT2D eigenvalue weighted by Crippen LogP contribution is 2.25. The van der Waals surface area contributed by atoms with E-state index in [-0.39, 0.29) is 11.4 Å². The maximum atomic E-state index is 12.3. The van der Waals surface area contributed by atoms with Crippen LogP contribution in [0.5, 0.6) is 0 Å². The second kappa shape index (κ2) is 5.88. The maximum Gasteiger partial charge on any atom is 0.240 e. The van der Waals surface area contributed by atoms with Gasteiger partial charge in [0, 0.05) is 11.4 Å². The van der Waals surface area contributed by atoms with E-state index in [0.717, 1.165) is 29.7 Å². The Labute approximate surface area is 128 Å². The van der Waals surface area contributed by atoms with Crippen molar-refractivity contribution in [2.75, 3.05) is 6.54 Å². The zero-order chi connectivity index (χ0) is 14.9. The monoisotopic (exact) mass is 323 g/mol. The van der Waals surface area contributed by atoms with E-state index < -0.39 is 16.1 Å². The van der Waals surface area contributed by atoms with Crippen LogP contribution < -0.4 is 4.72 Å². The molecule has 3 rings (SSSR count). The third-order valence-electron chi connectivity index (χ3n) is 3.72. The molecule has 1 aliphatic rings. The van der Waals surface area contributed by atoms with Crippen LogP contribution in [0.4, 0.5) is 0 Å². The molecule has 0 spiro atoms.